The van der Waals surface area contributed by atoms with Crippen LogP contribution < -0.4 is 16.0 Å². The van der Waals surface area contributed by atoms with Crippen molar-refractivity contribution in [2.24, 2.45) is 0 Å². The Morgan fingerprint density at radius 3 is 2.57 bits per heavy atom. The lowest BCUT2D eigenvalue weighted by Crippen LogP contribution is -2.33. The number of carboxylic acids is 1. The number of carbonyl (C=O) groups excluding carboxylic acids is 2. The van der Waals surface area contributed by atoms with Crippen LogP contribution in [0.15, 0.2) is 18.2 Å². The van der Waals surface area contributed by atoms with Crippen LogP contribution in [0.3, 0.4) is 0 Å². The molecule has 4 N–H and O–H groups in total. The van der Waals surface area contributed by atoms with Gasteiger partial charge in [0.05, 0.1) is 11.3 Å². The molecule has 0 spiro atoms. The van der Waals surface area contributed by atoms with Gasteiger partial charge in [-0.1, -0.05) is 0 Å². The minimum Gasteiger partial charge on any atom is -0.478 e. The molecule has 0 saturated carbocycles. The number of carbonyl (C=O) groups is 3. The molecular formula is C13H16FN3O4. The summed E-state index contributed by atoms with van der Waals surface area (Å²) in [5, 5.41) is 16.1. The number of amides is 3. The SMILES string of the molecule is CCNC(=O)CCNC(=O)Nc1cc(F)ccc1C(=O)O. The molecule has 0 aliphatic heterocycles. The molecule has 8 heteroatoms. The van der Waals surface area contributed by atoms with E-state index in [1.54, 1.807) is 6.92 Å². The Balaban J connectivity index is 2.57. The second-order valence-electron chi connectivity index (χ2n) is 4.08. The summed E-state index contributed by atoms with van der Waals surface area (Å²) in [5.74, 6) is -2.17. The predicted molar refractivity (Wildman–Crippen MR) is 73.7 cm³/mol. The standard InChI is InChI=1S/C13H16FN3O4/c1-2-15-11(18)5-6-16-13(21)17-10-7-8(14)3-4-9(10)12(19)20/h3-4,7H,2,5-6H2,1H3,(H,15,18)(H,19,20)(H2,16,17,21). The molecule has 0 saturated heterocycles. The summed E-state index contributed by atoms with van der Waals surface area (Å²) in [7, 11) is 0. The molecule has 114 valence electrons. The summed E-state index contributed by atoms with van der Waals surface area (Å²) in [6, 6.07) is 2.24. The second kappa shape index (κ2) is 7.83. The Morgan fingerprint density at radius 1 is 1.24 bits per heavy atom. The van der Waals surface area contributed by atoms with Crippen LogP contribution in [0.25, 0.3) is 0 Å². The molecule has 0 aromatic heterocycles. The highest BCUT2D eigenvalue weighted by Crippen LogP contribution is 2.17. The highest BCUT2D eigenvalue weighted by Gasteiger charge is 2.13. The van der Waals surface area contributed by atoms with Gasteiger partial charge in [0.2, 0.25) is 5.91 Å². The smallest absolute Gasteiger partial charge is 0.337 e. The van der Waals surface area contributed by atoms with Crippen LogP contribution in [-0.2, 0) is 4.79 Å². The first-order chi connectivity index (χ1) is 9.93. The minimum absolute atomic E-state index is 0.0788. The number of urea groups is 1. The fraction of sp³-hybridized carbons (Fsp3) is 0.308. The molecule has 1 aromatic rings. The van der Waals surface area contributed by atoms with Crippen LogP contribution >= 0.6 is 0 Å². The van der Waals surface area contributed by atoms with Gasteiger partial charge in [-0.05, 0) is 25.1 Å². The molecule has 0 aliphatic carbocycles. The maximum Gasteiger partial charge on any atom is 0.337 e. The van der Waals surface area contributed by atoms with Crippen LogP contribution in [0.2, 0.25) is 0 Å². The minimum atomic E-state index is -1.28. The molecule has 0 aliphatic rings. The molecule has 0 heterocycles. The van der Waals surface area contributed by atoms with Gasteiger partial charge in [-0.15, -0.1) is 0 Å². The average molecular weight is 297 g/mol. The quantitative estimate of drug-likeness (QED) is 0.632. The zero-order valence-corrected chi connectivity index (χ0v) is 11.4. The van der Waals surface area contributed by atoms with Gasteiger partial charge in [-0.3, -0.25) is 4.79 Å². The van der Waals surface area contributed by atoms with Gasteiger partial charge in [0.25, 0.3) is 0 Å². The first kappa shape index (κ1) is 16.4. The van der Waals surface area contributed by atoms with Crippen LogP contribution in [0, 0.1) is 5.82 Å². The number of hydrogen-bond acceptors (Lipinski definition) is 3. The van der Waals surface area contributed by atoms with Crippen LogP contribution in [0.5, 0.6) is 0 Å². The predicted octanol–water partition coefficient (Wildman–Crippen LogP) is 1.17. The fourth-order valence-electron chi connectivity index (χ4n) is 1.55. The largest absolute Gasteiger partial charge is 0.478 e. The topological polar surface area (TPSA) is 108 Å². The van der Waals surface area contributed by atoms with Gasteiger partial charge in [-0.2, -0.15) is 0 Å². The van der Waals surface area contributed by atoms with Crippen molar-refractivity contribution in [3.63, 3.8) is 0 Å². The number of halogens is 1. The van der Waals surface area contributed by atoms with Crippen molar-refractivity contribution in [2.75, 3.05) is 18.4 Å². The number of nitrogens with one attached hydrogen (secondary N) is 3. The fourth-order valence-corrected chi connectivity index (χ4v) is 1.55. The van der Waals surface area contributed by atoms with Crippen molar-refractivity contribution >= 4 is 23.6 Å². The molecule has 1 rings (SSSR count). The lowest BCUT2D eigenvalue weighted by atomic mass is 10.2. The van der Waals surface area contributed by atoms with E-state index in [9.17, 15) is 18.8 Å². The summed E-state index contributed by atoms with van der Waals surface area (Å²) in [5.41, 5.74) is -0.381. The van der Waals surface area contributed by atoms with Gasteiger partial charge in [0, 0.05) is 19.5 Å². The van der Waals surface area contributed by atoms with Crippen molar-refractivity contribution in [1.82, 2.24) is 10.6 Å². The maximum absolute atomic E-state index is 13.1. The van der Waals surface area contributed by atoms with E-state index in [1.807, 2.05) is 0 Å². The zero-order valence-electron chi connectivity index (χ0n) is 11.4. The second-order valence-corrected chi connectivity index (χ2v) is 4.08. The lowest BCUT2D eigenvalue weighted by molar-refractivity contribution is -0.120. The summed E-state index contributed by atoms with van der Waals surface area (Å²) in [4.78, 5) is 33.7. The van der Waals surface area contributed by atoms with E-state index in [1.165, 1.54) is 0 Å². The van der Waals surface area contributed by atoms with Crippen molar-refractivity contribution in [3.8, 4) is 0 Å². The van der Waals surface area contributed by atoms with Crippen molar-refractivity contribution < 1.29 is 23.9 Å². The van der Waals surface area contributed by atoms with Gasteiger partial charge in [0.1, 0.15) is 5.82 Å². The summed E-state index contributed by atoms with van der Waals surface area (Å²) in [6.07, 6.45) is 0.0935. The Bertz CT molecular complexity index is 548. The molecule has 0 unspecified atom stereocenters. The number of carboxylic acid groups (broad SMARTS) is 1. The van der Waals surface area contributed by atoms with Gasteiger partial charge < -0.3 is 21.1 Å². The summed E-state index contributed by atoms with van der Waals surface area (Å²) in [6.45, 7) is 2.35. The van der Waals surface area contributed by atoms with Crippen LogP contribution in [-0.4, -0.2) is 36.1 Å². The maximum atomic E-state index is 13.1. The van der Waals surface area contributed by atoms with Crippen molar-refractivity contribution in [3.05, 3.63) is 29.6 Å². The van der Waals surface area contributed by atoms with E-state index in [4.69, 9.17) is 5.11 Å². The summed E-state index contributed by atoms with van der Waals surface area (Å²) < 4.78 is 13.1. The van der Waals surface area contributed by atoms with Crippen LogP contribution in [0.1, 0.15) is 23.7 Å². The first-order valence-corrected chi connectivity index (χ1v) is 6.28. The molecular weight excluding hydrogens is 281 g/mol. The average Bonchev–Trinajstić information content (AvgIpc) is 2.38. The van der Waals surface area contributed by atoms with Gasteiger partial charge in [-0.25, -0.2) is 14.0 Å². The molecule has 0 atom stereocenters. The lowest BCUT2D eigenvalue weighted by Gasteiger charge is -2.10. The van der Waals surface area contributed by atoms with E-state index in [2.05, 4.69) is 16.0 Å². The number of hydrogen-bond donors (Lipinski definition) is 4. The third kappa shape index (κ3) is 5.47. The Morgan fingerprint density at radius 2 is 1.95 bits per heavy atom. The number of benzene rings is 1. The van der Waals surface area contributed by atoms with E-state index in [-0.39, 0.29) is 30.1 Å². The van der Waals surface area contributed by atoms with Crippen molar-refractivity contribution in [1.29, 1.82) is 0 Å². The normalized spacial score (nSPS) is 9.81. The first-order valence-electron chi connectivity index (χ1n) is 6.28. The van der Waals surface area contributed by atoms with E-state index in [0.29, 0.717) is 6.54 Å². The highest BCUT2D eigenvalue weighted by atomic mass is 19.1. The van der Waals surface area contributed by atoms with E-state index in [0.717, 1.165) is 18.2 Å². The van der Waals surface area contributed by atoms with E-state index < -0.39 is 17.8 Å². The Kier molecular flexibility index (Phi) is 6.12. The monoisotopic (exact) mass is 297 g/mol. The number of anilines is 1. The Hall–Kier alpha value is -2.64. The third-order valence-electron chi connectivity index (χ3n) is 2.47. The molecule has 3 amide bonds. The van der Waals surface area contributed by atoms with Crippen molar-refractivity contribution in [2.45, 2.75) is 13.3 Å². The van der Waals surface area contributed by atoms with E-state index >= 15 is 0 Å². The summed E-state index contributed by atoms with van der Waals surface area (Å²) >= 11 is 0. The Labute approximate surface area is 120 Å². The number of rotatable bonds is 6. The van der Waals surface area contributed by atoms with Crippen LogP contribution in [0.4, 0.5) is 14.9 Å². The highest BCUT2D eigenvalue weighted by molar-refractivity contribution is 6.00. The third-order valence-corrected chi connectivity index (χ3v) is 2.47. The number of aromatic carboxylic acids is 1. The molecule has 1 aromatic carbocycles. The van der Waals surface area contributed by atoms with Gasteiger partial charge >= 0.3 is 12.0 Å². The zero-order chi connectivity index (χ0) is 15.8. The molecule has 0 bridgehead atoms. The molecule has 0 fully saturated rings. The molecule has 0 radical (unpaired) electrons. The molecule has 7 nitrogen and oxygen atoms in total. The molecule has 21 heavy (non-hydrogen) atoms. The van der Waals surface area contributed by atoms with Gasteiger partial charge in [0.15, 0.2) is 0 Å².